The molecule has 6 nitrogen and oxygen atoms in total. The second-order valence-electron chi connectivity index (χ2n) is 10.9. The monoisotopic (exact) mass is 514 g/mol. The Hall–Kier alpha value is -1.64. The molecule has 3 aliphatic rings. The van der Waals surface area contributed by atoms with Crippen LogP contribution in [0.1, 0.15) is 55.8 Å². The molecule has 2 aromatic rings. The molecular weight excluding hydrogens is 476 g/mol. The Balaban J connectivity index is 1.28. The Morgan fingerprint density at radius 1 is 1.34 bits per heavy atom. The van der Waals surface area contributed by atoms with Gasteiger partial charge in [-0.05, 0) is 48.6 Å². The number of nitrogens with zero attached hydrogens (tertiary/aromatic N) is 3. The number of pyridine rings is 1. The fourth-order valence-corrected chi connectivity index (χ4v) is 8.91. The van der Waals surface area contributed by atoms with E-state index in [-0.39, 0.29) is 35.0 Å². The zero-order valence-electron chi connectivity index (χ0n) is 21.1. The highest BCUT2D eigenvalue weighted by Gasteiger charge is 2.54. The van der Waals surface area contributed by atoms with E-state index in [1.165, 1.54) is 4.88 Å². The standard InChI is InChI=1S/C27H38N4O2S2/c1-17(25(33)31-12-14-34-15-13-31)20-7-9-27(3)16-21-23(18(2)22(27)24(20)32)30-26(35-21)29-11-8-19-6-4-5-10-28-19/h4-6,10,17-18,20,22,24,32H,7-9,11-16H2,1-3H3,(H,29,30)/t17-,18-,20+,22+,24-,27-/m0/s1. The first-order valence-corrected chi connectivity index (χ1v) is 15.0. The summed E-state index contributed by atoms with van der Waals surface area (Å²) in [5.74, 6) is 2.47. The van der Waals surface area contributed by atoms with Gasteiger partial charge < -0.3 is 15.3 Å². The van der Waals surface area contributed by atoms with Crippen LogP contribution in [0.25, 0.3) is 0 Å². The maximum absolute atomic E-state index is 13.3. The van der Waals surface area contributed by atoms with E-state index in [9.17, 15) is 9.90 Å². The molecule has 1 saturated carbocycles. The Bertz CT molecular complexity index is 1030. The highest BCUT2D eigenvalue weighted by Crippen LogP contribution is 2.57. The Labute approximate surface area is 217 Å². The van der Waals surface area contributed by atoms with Crippen molar-refractivity contribution in [2.75, 3.05) is 36.5 Å². The minimum atomic E-state index is -0.475. The van der Waals surface area contributed by atoms with Gasteiger partial charge in [-0.3, -0.25) is 9.78 Å². The van der Waals surface area contributed by atoms with Crippen molar-refractivity contribution in [2.45, 2.75) is 58.5 Å². The number of aliphatic hydroxyl groups excluding tert-OH is 1. The third kappa shape index (κ3) is 4.98. The van der Waals surface area contributed by atoms with Gasteiger partial charge in [0, 0.05) is 66.2 Å². The Kier molecular flexibility index (Phi) is 7.43. The van der Waals surface area contributed by atoms with Crippen LogP contribution in [0, 0.1) is 23.2 Å². The van der Waals surface area contributed by atoms with Crippen LogP contribution in [0.5, 0.6) is 0 Å². The number of hydrogen-bond acceptors (Lipinski definition) is 7. The number of aliphatic hydroxyl groups is 1. The van der Waals surface area contributed by atoms with Gasteiger partial charge in [0.15, 0.2) is 5.13 Å². The van der Waals surface area contributed by atoms with Gasteiger partial charge >= 0.3 is 0 Å². The Morgan fingerprint density at radius 2 is 2.14 bits per heavy atom. The van der Waals surface area contributed by atoms with Crippen LogP contribution in [0.15, 0.2) is 24.4 Å². The first kappa shape index (κ1) is 25.0. The average Bonchev–Trinajstić information content (AvgIpc) is 3.27. The first-order chi connectivity index (χ1) is 16.9. The molecule has 2 aliphatic carbocycles. The molecule has 190 valence electrons. The zero-order valence-corrected chi connectivity index (χ0v) is 22.7. The topological polar surface area (TPSA) is 78.4 Å². The number of rotatable bonds is 6. The molecule has 3 heterocycles. The number of fused-ring (bicyclic) bond motifs is 2. The number of amides is 1. The van der Waals surface area contributed by atoms with E-state index in [0.29, 0.717) is 0 Å². The fraction of sp³-hybridized carbons (Fsp3) is 0.667. The maximum atomic E-state index is 13.3. The van der Waals surface area contributed by atoms with E-state index in [2.05, 4.69) is 30.2 Å². The van der Waals surface area contributed by atoms with Crippen molar-refractivity contribution in [3.63, 3.8) is 0 Å². The van der Waals surface area contributed by atoms with Crippen molar-refractivity contribution in [3.05, 3.63) is 40.7 Å². The second kappa shape index (κ2) is 10.4. The lowest BCUT2D eigenvalue weighted by Gasteiger charge is -2.53. The van der Waals surface area contributed by atoms with Crippen molar-refractivity contribution in [3.8, 4) is 0 Å². The largest absolute Gasteiger partial charge is 0.392 e. The molecule has 2 N–H and O–H groups in total. The molecule has 0 unspecified atom stereocenters. The second-order valence-corrected chi connectivity index (χ2v) is 13.2. The summed E-state index contributed by atoms with van der Waals surface area (Å²) in [6.07, 6.45) is 5.16. The number of anilines is 1. The highest BCUT2D eigenvalue weighted by atomic mass is 32.2. The van der Waals surface area contributed by atoms with Gasteiger partial charge in [-0.25, -0.2) is 4.98 Å². The first-order valence-electron chi connectivity index (χ1n) is 13.1. The summed E-state index contributed by atoms with van der Waals surface area (Å²) < 4.78 is 0. The normalized spacial score (nSPS) is 31.4. The van der Waals surface area contributed by atoms with Crippen molar-refractivity contribution in [1.29, 1.82) is 0 Å². The quantitative estimate of drug-likeness (QED) is 0.593. The van der Waals surface area contributed by atoms with Gasteiger partial charge in [-0.15, -0.1) is 11.3 Å². The molecular formula is C27H38N4O2S2. The smallest absolute Gasteiger partial charge is 0.225 e. The number of thiazole rings is 1. The minimum absolute atomic E-state index is 0.0220. The molecule has 2 aromatic heterocycles. The molecule has 35 heavy (non-hydrogen) atoms. The van der Waals surface area contributed by atoms with Gasteiger partial charge in [-0.1, -0.05) is 26.8 Å². The van der Waals surface area contributed by atoms with Crippen LogP contribution in [0.3, 0.4) is 0 Å². The van der Waals surface area contributed by atoms with Gasteiger partial charge in [0.25, 0.3) is 0 Å². The number of thioether (sulfide) groups is 1. The third-order valence-corrected chi connectivity index (χ3v) is 10.6. The van der Waals surface area contributed by atoms with Gasteiger partial charge in [0.05, 0.1) is 11.8 Å². The molecule has 1 amide bonds. The Morgan fingerprint density at radius 3 is 2.89 bits per heavy atom. The molecule has 2 fully saturated rings. The average molecular weight is 515 g/mol. The molecule has 8 heteroatoms. The SMILES string of the molecule is C[C@H](C(=O)N1CCSCC1)[C@H]1CC[C@@]2(C)Cc3sc(NCCc4ccccn4)nc3[C@@H](C)[C@@H]2[C@H]1O. The van der Waals surface area contributed by atoms with Crippen molar-refractivity contribution >= 4 is 34.1 Å². The fourth-order valence-electron chi connectivity index (χ4n) is 6.72. The van der Waals surface area contributed by atoms with E-state index < -0.39 is 6.10 Å². The summed E-state index contributed by atoms with van der Waals surface area (Å²) in [6.45, 7) is 9.11. The molecule has 0 aromatic carbocycles. The van der Waals surface area contributed by atoms with Crippen LogP contribution in [-0.4, -0.2) is 63.1 Å². The summed E-state index contributed by atoms with van der Waals surface area (Å²) in [5.41, 5.74) is 2.27. The predicted octanol–water partition coefficient (Wildman–Crippen LogP) is 4.46. The maximum Gasteiger partial charge on any atom is 0.225 e. The lowest BCUT2D eigenvalue weighted by Crippen LogP contribution is -2.54. The van der Waals surface area contributed by atoms with E-state index >= 15 is 0 Å². The number of aromatic nitrogens is 2. The lowest BCUT2D eigenvalue weighted by molar-refractivity contribution is -0.144. The van der Waals surface area contributed by atoms with Crippen molar-refractivity contribution in [1.82, 2.24) is 14.9 Å². The van der Waals surface area contributed by atoms with E-state index in [1.54, 1.807) is 11.3 Å². The predicted molar refractivity (Wildman–Crippen MR) is 144 cm³/mol. The molecule has 0 radical (unpaired) electrons. The molecule has 6 atom stereocenters. The molecule has 0 bridgehead atoms. The minimum Gasteiger partial charge on any atom is -0.392 e. The van der Waals surface area contributed by atoms with E-state index in [1.807, 2.05) is 41.9 Å². The molecule has 1 aliphatic heterocycles. The summed E-state index contributed by atoms with van der Waals surface area (Å²) in [5, 5.41) is 16.2. The zero-order chi connectivity index (χ0) is 24.6. The van der Waals surface area contributed by atoms with Gasteiger partial charge in [0.1, 0.15) is 0 Å². The molecule has 0 spiro atoms. The third-order valence-electron chi connectivity index (χ3n) is 8.66. The number of carbonyl (C=O) groups excluding carboxylic acids is 1. The van der Waals surface area contributed by atoms with Crippen LogP contribution in [0.2, 0.25) is 0 Å². The molecule has 5 rings (SSSR count). The number of carbonyl (C=O) groups is 1. The lowest BCUT2D eigenvalue weighted by atomic mass is 9.53. The van der Waals surface area contributed by atoms with Gasteiger partial charge in [0.2, 0.25) is 5.91 Å². The summed E-state index contributed by atoms with van der Waals surface area (Å²) in [7, 11) is 0. The highest BCUT2D eigenvalue weighted by molar-refractivity contribution is 7.99. The summed E-state index contributed by atoms with van der Waals surface area (Å²) in [4.78, 5) is 26.0. The van der Waals surface area contributed by atoms with E-state index in [4.69, 9.17) is 4.98 Å². The van der Waals surface area contributed by atoms with Crippen molar-refractivity contribution in [2.24, 2.45) is 23.2 Å². The van der Waals surface area contributed by atoms with E-state index in [0.717, 1.165) is 73.3 Å². The number of hydrogen-bond donors (Lipinski definition) is 2. The van der Waals surface area contributed by atoms with Crippen LogP contribution in [-0.2, 0) is 17.6 Å². The summed E-state index contributed by atoms with van der Waals surface area (Å²) >= 11 is 3.69. The van der Waals surface area contributed by atoms with Gasteiger partial charge in [-0.2, -0.15) is 11.8 Å². The molecule has 1 saturated heterocycles. The van der Waals surface area contributed by atoms with Crippen LogP contribution < -0.4 is 5.32 Å². The van der Waals surface area contributed by atoms with Crippen LogP contribution in [0.4, 0.5) is 5.13 Å². The number of nitrogens with one attached hydrogen (secondary N) is 1. The van der Waals surface area contributed by atoms with Crippen LogP contribution >= 0.6 is 23.1 Å². The van der Waals surface area contributed by atoms with Crippen molar-refractivity contribution < 1.29 is 9.90 Å². The summed E-state index contributed by atoms with van der Waals surface area (Å²) in [6, 6.07) is 6.01.